The number of Topliss-reactive ketones (excluding diaryl/α,β-unsaturated/α-hetero) is 1. The lowest BCUT2D eigenvalue weighted by molar-refractivity contribution is 0.0994. The molecule has 3 heterocycles. The number of rotatable bonds is 3. The average Bonchev–Trinajstić information content (AvgIpc) is 2.96. The smallest absolute Gasteiger partial charge is 0.171 e. The summed E-state index contributed by atoms with van der Waals surface area (Å²) in [5.41, 5.74) is 2.75. The van der Waals surface area contributed by atoms with Crippen molar-refractivity contribution in [3.63, 3.8) is 0 Å². The number of fused-ring (bicyclic) bond motifs is 1. The van der Waals surface area contributed by atoms with Crippen LogP contribution in [0.15, 0.2) is 24.8 Å². The zero-order chi connectivity index (χ0) is 14.3. The van der Waals surface area contributed by atoms with Crippen LogP contribution in [-0.2, 0) is 13.5 Å². The molecule has 0 aliphatic rings. The second-order valence-electron chi connectivity index (χ2n) is 4.54. The van der Waals surface area contributed by atoms with Gasteiger partial charge in [-0.2, -0.15) is 10.2 Å². The van der Waals surface area contributed by atoms with Crippen LogP contribution in [0.3, 0.4) is 0 Å². The van der Waals surface area contributed by atoms with Crippen molar-refractivity contribution in [2.75, 3.05) is 0 Å². The molecular weight excluding hydrogens is 278 g/mol. The molecule has 0 spiro atoms. The molecule has 0 aromatic carbocycles. The zero-order valence-corrected chi connectivity index (χ0v) is 11.8. The summed E-state index contributed by atoms with van der Waals surface area (Å²) < 4.78 is 3.19. The minimum atomic E-state index is -0.0500. The van der Waals surface area contributed by atoms with Crippen molar-refractivity contribution < 1.29 is 4.79 Å². The molecular formula is C13H12ClN5O. The highest BCUT2D eigenvalue weighted by molar-refractivity contribution is 6.30. The van der Waals surface area contributed by atoms with Crippen molar-refractivity contribution in [2.24, 2.45) is 7.05 Å². The quantitative estimate of drug-likeness (QED) is 0.690. The van der Waals surface area contributed by atoms with Crippen LogP contribution in [0.5, 0.6) is 0 Å². The van der Waals surface area contributed by atoms with Gasteiger partial charge in [0.15, 0.2) is 5.78 Å². The van der Waals surface area contributed by atoms with E-state index in [2.05, 4.69) is 15.2 Å². The standard InChI is InChI=1S/C13H12ClN5O/c1-8-9(13(14)18(2)17-8)5-12(20)10-6-16-19-4-3-15-7-11(10)19/h3-4,6-7H,5H2,1-2H3. The van der Waals surface area contributed by atoms with Crippen LogP contribution in [0.2, 0.25) is 5.15 Å². The van der Waals surface area contributed by atoms with E-state index in [9.17, 15) is 4.79 Å². The van der Waals surface area contributed by atoms with E-state index in [4.69, 9.17) is 11.6 Å². The molecule has 3 aromatic heterocycles. The third-order valence-electron chi connectivity index (χ3n) is 3.23. The normalized spacial score (nSPS) is 11.2. The molecule has 20 heavy (non-hydrogen) atoms. The summed E-state index contributed by atoms with van der Waals surface area (Å²) in [6, 6.07) is 0. The first kappa shape index (κ1) is 12.8. The van der Waals surface area contributed by atoms with Crippen LogP contribution in [-0.4, -0.2) is 30.2 Å². The Balaban J connectivity index is 1.97. The van der Waals surface area contributed by atoms with Gasteiger partial charge in [0.1, 0.15) is 5.15 Å². The monoisotopic (exact) mass is 289 g/mol. The fraction of sp³-hybridized carbons (Fsp3) is 0.231. The van der Waals surface area contributed by atoms with Gasteiger partial charge in [-0.1, -0.05) is 11.6 Å². The van der Waals surface area contributed by atoms with E-state index in [0.29, 0.717) is 16.2 Å². The number of aryl methyl sites for hydroxylation is 2. The molecule has 102 valence electrons. The van der Waals surface area contributed by atoms with E-state index in [1.807, 2.05) is 6.92 Å². The number of halogens is 1. The Kier molecular flexibility index (Phi) is 3.02. The molecule has 0 aliphatic heterocycles. The van der Waals surface area contributed by atoms with Gasteiger partial charge in [0, 0.05) is 31.4 Å². The van der Waals surface area contributed by atoms with Gasteiger partial charge in [0.25, 0.3) is 0 Å². The summed E-state index contributed by atoms with van der Waals surface area (Å²) in [6.45, 7) is 1.84. The van der Waals surface area contributed by atoms with Crippen LogP contribution in [0.1, 0.15) is 21.6 Å². The van der Waals surface area contributed by atoms with Crippen LogP contribution in [0.4, 0.5) is 0 Å². The number of hydrogen-bond acceptors (Lipinski definition) is 4. The fourth-order valence-corrected chi connectivity index (χ4v) is 2.42. The lowest BCUT2D eigenvalue weighted by atomic mass is 10.1. The van der Waals surface area contributed by atoms with Crippen LogP contribution >= 0.6 is 11.6 Å². The number of carbonyl (C=O) groups excluding carboxylic acids is 1. The third kappa shape index (κ3) is 1.98. The third-order valence-corrected chi connectivity index (χ3v) is 3.71. The predicted molar refractivity (Wildman–Crippen MR) is 74.0 cm³/mol. The topological polar surface area (TPSA) is 65.1 Å². The van der Waals surface area contributed by atoms with Crippen LogP contribution in [0, 0.1) is 6.92 Å². The maximum absolute atomic E-state index is 12.4. The van der Waals surface area contributed by atoms with E-state index in [1.165, 1.54) is 0 Å². The number of ketones is 1. The molecule has 0 unspecified atom stereocenters. The van der Waals surface area contributed by atoms with Gasteiger partial charge in [0.05, 0.1) is 29.2 Å². The zero-order valence-electron chi connectivity index (χ0n) is 11.0. The average molecular weight is 290 g/mol. The van der Waals surface area contributed by atoms with Crippen molar-refractivity contribution in [1.82, 2.24) is 24.4 Å². The Labute approximate surface area is 120 Å². The van der Waals surface area contributed by atoms with E-state index < -0.39 is 0 Å². The SMILES string of the molecule is Cc1nn(C)c(Cl)c1CC(=O)c1cnn2ccncc12. The molecule has 0 N–H and O–H groups in total. The summed E-state index contributed by atoms with van der Waals surface area (Å²) in [5, 5.41) is 8.83. The summed E-state index contributed by atoms with van der Waals surface area (Å²) in [4.78, 5) is 16.4. The first-order chi connectivity index (χ1) is 9.58. The highest BCUT2D eigenvalue weighted by Gasteiger charge is 2.18. The Morgan fingerprint density at radius 3 is 2.90 bits per heavy atom. The molecule has 0 saturated heterocycles. The summed E-state index contributed by atoms with van der Waals surface area (Å²) in [5.74, 6) is -0.0500. The summed E-state index contributed by atoms with van der Waals surface area (Å²) in [7, 11) is 1.75. The molecule has 0 atom stereocenters. The van der Waals surface area contributed by atoms with Gasteiger partial charge in [-0.05, 0) is 6.92 Å². The largest absolute Gasteiger partial charge is 0.294 e. The summed E-state index contributed by atoms with van der Waals surface area (Å²) >= 11 is 6.15. The molecule has 0 radical (unpaired) electrons. The van der Waals surface area contributed by atoms with Gasteiger partial charge in [0.2, 0.25) is 0 Å². The van der Waals surface area contributed by atoms with E-state index in [-0.39, 0.29) is 12.2 Å². The van der Waals surface area contributed by atoms with Crippen molar-refractivity contribution in [3.8, 4) is 0 Å². The van der Waals surface area contributed by atoms with Crippen molar-refractivity contribution in [1.29, 1.82) is 0 Å². The number of carbonyl (C=O) groups is 1. The van der Waals surface area contributed by atoms with Gasteiger partial charge in [-0.25, -0.2) is 4.52 Å². The maximum atomic E-state index is 12.4. The molecule has 3 rings (SSSR count). The van der Waals surface area contributed by atoms with Crippen molar-refractivity contribution in [2.45, 2.75) is 13.3 Å². The molecule has 0 fully saturated rings. The van der Waals surface area contributed by atoms with Gasteiger partial charge in [-0.3, -0.25) is 14.5 Å². The van der Waals surface area contributed by atoms with Gasteiger partial charge in [-0.15, -0.1) is 0 Å². The lowest BCUT2D eigenvalue weighted by Gasteiger charge is -2.00. The van der Waals surface area contributed by atoms with E-state index in [0.717, 1.165) is 11.3 Å². The Morgan fingerprint density at radius 2 is 2.20 bits per heavy atom. The second-order valence-corrected chi connectivity index (χ2v) is 4.90. The second kappa shape index (κ2) is 4.72. The molecule has 3 aromatic rings. The Bertz CT molecular complexity index is 804. The first-order valence-electron chi connectivity index (χ1n) is 6.06. The minimum Gasteiger partial charge on any atom is -0.294 e. The van der Waals surface area contributed by atoms with Crippen LogP contribution < -0.4 is 0 Å². The minimum absolute atomic E-state index is 0.0500. The number of aromatic nitrogens is 5. The van der Waals surface area contributed by atoms with Crippen molar-refractivity contribution in [3.05, 3.63) is 46.8 Å². The molecule has 0 amide bonds. The van der Waals surface area contributed by atoms with Gasteiger partial charge < -0.3 is 0 Å². The van der Waals surface area contributed by atoms with E-state index >= 15 is 0 Å². The molecule has 0 saturated carbocycles. The molecule has 0 bridgehead atoms. The summed E-state index contributed by atoms with van der Waals surface area (Å²) in [6.07, 6.45) is 6.70. The lowest BCUT2D eigenvalue weighted by Crippen LogP contribution is -2.04. The number of hydrogen-bond donors (Lipinski definition) is 0. The van der Waals surface area contributed by atoms with Crippen molar-refractivity contribution >= 4 is 22.9 Å². The van der Waals surface area contributed by atoms with E-state index in [1.54, 1.807) is 41.0 Å². The van der Waals surface area contributed by atoms with Crippen LogP contribution in [0.25, 0.3) is 5.52 Å². The molecule has 7 heteroatoms. The Hall–Kier alpha value is -2.21. The Morgan fingerprint density at radius 1 is 1.40 bits per heavy atom. The highest BCUT2D eigenvalue weighted by atomic mass is 35.5. The fourth-order valence-electron chi connectivity index (χ4n) is 2.18. The molecule has 0 aliphatic carbocycles. The highest BCUT2D eigenvalue weighted by Crippen LogP contribution is 2.21. The predicted octanol–water partition coefficient (Wildman–Crippen LogP) is 1.85. The maximum Gasteiger partial charge on any atom is 0.171 e. The van der Waals surface area contributed by atoms with Gasteiger partial charge >= 0.3 is 0 Å². The first-order valence-corrected chi connectivity index (χ1v) is 6.44. The number of nitrogens with zero attached hydrogens (tertiary/aromatic N) is 5. The molecule has 6 nitrogen and oxygen atoms in total.